The van der Waals surface area contributed by atoms with E-state index in [4.69, 9.17) is 9.90 Å². The molecule has 8 nitrogen and oxygen atoms in total. The Morgan fingerprint density at radius 2 is 1.79 bits per heavy atom. The van der Waals surface area contributed by atoms with Crippen LogP contribution in [0.5, 0.6) is 0 Å². The molecule has 11 heteroatoms. The molecule has 1 fully saturated rings. The summed E-state index contributed by atoms with van der Waals surface area (Å²) in [5, 5.41) is 32.8. The van der Waals surface area contributed by atoms with Crippen molar-refractivity contribution in [2.75, 3.05) is 0 Å². The van der Waals surface area contributed by atoms with E-state index in [2.05, 4.69) is 10.6 Å². The Bertz CT molecular complexity index is 597. The number of allylic oxidation sites excluding steroid dienone is 1. The molecule has 0 aliphatic carbocycles. The molecule has 0 radical (unpaired) electrons. The van der Waals surface area contributed by atoms with Crippen LogP contribution in [0.2, 0.25) is 0 Å². The molecule has 1 saturated heterocycles. The molecule has 1 rings (SSSR count). The third kappa shape index (κ3) is 8.82. The molecule has 5 N–H and O–H groups in total. The van der Waals surface area contributed by atoms with E-state index in [1.807, 2.05) is 32.9 Å². The monoisotopic (exact) mass is 426 g/mol. The summed E-state index contributed by atoms with van der Waals surface area (Å²) in [5.74, 6) is -3.92. The van der Waals surface area contributed by atoms with Gasteiger partial charge in [-0.25, -0.2) is 4.79 Å². The lowest BCUT2D eigenvalue weighted by Crippen LogP contribution is -2.58. The van der Waals surface area contributed by atoms with Gasteiger partial charge in [-0.05, 0) is 25.2 Å². The Morgan fingerprint density at radius 1 is 1.28 bits per heavy atom. The van der Waals surface area contributed by atoms with Gasteiger partial charge in [-0.1, -0.05) is 32.4 Å². The first kappa shape index (κ1) is 26.9. The Balaban J connectivity index is 0.000000956. The van der Waals surface area contributed by atoms with E-state index in [0.29, 0.717) is 6.42 Å². The van der Waals surface area contributed by atoms with Gasteiger partial charge in [0, 0.05) is 13.0 Å². The molecule has 0 bridgehead atoms. The van der Waals surface area contributed by atoms with Crippen molar-refractivity contribution >= 4 is 17.8 Å². The molecule has 0 aromatic heterocycles. The number of halogens is 3. The molecule has 0 spiro atoms. The van der Waals surface area contributed by atoms with Crippen LogP contribution in [0.4, 0.5) is 13.2 Å². The number of carbonyl (C=O) groups excluding carboxylic acids is 1. The standard InChI is InChI=1S/C16H28N2O4.C2HF3O2/c1-5-7-11-8-12(16(21)22)18-13(11)14(17-10(4)19)15(20)9(3)6-2;3-2(4,5)1(6)7/h5,7,9,11-15,18,20H,6,8H2,1-4H3,(H,17,19)(H,21,22);(H,6,7)/b7-5-;/t9-,11-,12-,13-,14-,15-;/m1./s1. The minimum Gasteiger partial charge on any atom is -0.480 e. The lowest BCUT2D eigenvalue weighted by molar-refractivity contribution is -0.192. The SMILES string of the molecule is C/C=C\[C@@H]1C[C@H](C(=O)O)N[C@H]1[C@@H](NC(C)=O)[C@H](O)[C@H](C)CC.O=C(O)C(F)(F)F. The number of carboxylic acid groups (broad SMARTS) is 2. The molecular formula is C18H29F3N2O6. The highest BCUT2D eigenvalue weighted by Crippen LogP contribution is 2.28. The van der Waals surface area contributed by atoms with Crippen molar-refractivity contribution in [3.05, 3.63) is 12.2 Å². The zero-order valence-electron chi connectivity index (χ0n) is 16.7. The van der Waals surface area contributed by atoms with Crippen LogP contribution in [0, 0.1) is 11.8 Å². The van der Waals surface area contributed by atoms with Crippen molar-refractivity contribution in [1.82, 2.24) is 10.6 Å². The van der Waals surface area contributed by atoms with Crippen molar-refractivity contribution in [1.29, 1.82) is 0 Å². The van der Waals surface area contributed by atoms with Crippen molar-refractivity contribution in [2.45, 2.75) is 70.9 Å². The molecule has 0 aromatic carbocycles. The number of amides is 1. The third-order valence-electron chi connectivity index (χ3n) is 4.69. The van der Waals surface area contributed by atoms with E-state index in [1.54, 1.807) is 0 Å². The number of carbonyl (C=O) groups is 3. The fraction of sp³-hybridized carbons (Fsp3) is 0.722. The summed E-state index contributed by atoms with van der Waals surface area (Å²) in [5.41, 5.74) is 0. The molecule has 6 atom stereocenters. The quantitative estimate of drug-likeness (QED) is 0.390. The van der Waals surface area contributed by atoms with Gasteiger partial charge in [0.1, 0.15) is 6.04 Å². The Labute approximate surface area is 167 Å². The lowest BCUT2D eigenvalue weighted by atomic mass is 9.85. The number of nitrogens with one attached hydrogen (secondary N) is 2. The molecule has 168 valence electrons. The Morgan fingerprint density at radius 3 is 2.14 bits per heavy atom. The summed E-state index contributed by atoms with van der Waals surface area (Å²) in [7, 11) is 0. The van der Waals surface area contributed by atoms with Crippen LogP contribution in [-0.4, -0.2) is 63.6 Å². The lowest BCUT2D eigenvalue weighted by Gasteiger charge is -2.34. The largest absolute Gasteiger partial charge is 0.490 e. The van der Waals surface area contributed by atoms with Gasteiger partial charge in [-0.2, -0.15) is 13.2 Å². The molecule has 1 aliphatic heterocycles. The minimum absolute atomic E-state index is 0.00813. The second kappa shape index (κ2) is 11.8. The predicted octanol–water partition coefficient (Wildman–Crippen LogP) is 1.54. The number of carboxylic acids is 2. The number of aliphatic hydroxyl groups is 1. The number of rotatable bonds is 7. The zero-order valence-corrected chi connectivity index (χ0v) is 16.7. The van der Waals surface area contributed by atoms with Crippen molar-refractivity contribution in [3.63, 3.8) is 0 Å². The smallest absolute Gasteiger partial charge is 0.480 e. The fourth-order valence-corrected chi connectivity index (χ4v) is 3.05. The molecule has 29 heavy (non-hydrogen) atoms. The first-order valence-electron chi connectivity index (χ1n) is 9.13. The average molecular weight is 426 g/mol. The highest BCUT2D eigenvalue weighted by atomic mass is 19.4. The molecule has 0 saturated carbocycles. The van der Waals surface area contributed by atoms with Gasteiger partial charge in [0.2, 0.25) is 5.91 Å². The van der Waals surface area contributed by atoms with Gasteiger partial charge in [0.15, 0.2) is 0 Å². The summed E-state index contributed by atoms with van der Waals surface area (Å²) in [4.78, 5) is 31.7. The molecule has 1 amide bonds. The van der Waals surface area contributed by atoms with E-state index in [0.717, 1.165) is 6.42 Å². The van der Waals surface area contributed by atoms with Crippen LogP contribution in [0.3, 0.4) is 0 Å². The van der Waals surface area contributed by atoms with E-state index in [9.17, 15) is 33.0 Å². The minimum atomic E-state index is -5.08. The summed E-state index contributed by atoms with van der Waals surface area (Å²) in [6.07, 6.45) is -0.761. The summed E-state index contributed by atoms with van der Waals surface area (Å²) in [6.45, 7) is 7.19. The van der Waals surface area contributed by atoms with Crippen molar-refractivity contribution in [3.8, 4) is 0 Å². The topological polar surface area (TPSA) is 136 Å². The normalized spacial score (nSPS) is 24.9. The first-order valence-corrected chi connectivity index (χ1v) is 9.13. The zero-order chi connectivity index (χ0) is 22.9. The maximum absolute atomic E-state index is 11.5. The number of aliphatic hydroxyl groups excluding tert-OH is 1. The number of hydrogen-bond donors (Lipinski definition) is 5. The first-order chi connectivity index (χ1) is 13.3. The van der Waals surface area contributed by atoms with Crippen LogP contribution in [0.25, 0.3) is 0 Å². The Kier molecular flexibility index (Phi) is 10.9. The van der Waals surface area contributed by atoms with Crippen LogP contribution >= 0.6 is 0 Å². The number of aliphatic carboxylic acids is 2. The van der Waals surface area contributed by atoms with E-state index in [1.165, 1.54) is 6.92 Å². The highest BCUT2D eigenvalue weighted by molar-refractivity contribution is 5.75. The molecular weight excluding hydrogens is 397 g/mol. The summed E-state index contributed by atoms with van der Waals surface area (Å²) >= 11 is 0. The van der Waals surface area contributed by atoms with Gasteiger partial charge in [-0.3, -0.25) is 14.9 Å². The summed E-state index contributed by atoms with van der Waals surface area (Å²) < 4.78 is 31.7. The van der Waals surface area contributed by atoms with E-state index < -0.39 is 36.3 Å². The fourth-order valence-electron chi connectivity index (χ4n) is 3.05. The van der Waals surface area contributed by atoms with Gasteiger partial charge >= 0.3 is 18.1 Å². The number of alkyl halides is 3. The maximum atomic E-state index is 11.5. The van der Waals surface area contributed by atoms with Gasteiger partial charge in [-0.15, -0.1) is 0 Å². The molecule has 1 aliphatic rings. The second-order valence-corrected chi connectivity index (χ2v) is 6.91. The van der Waals surface area contributed by atoms with Crippen molar-refractivity contribution in [2.24, 2.45) is 11.8 Å². The number of hydrogen-bond acceptors (Lipinski definition) is 5. The van der Waals surface area contributed by atoms with Crippen LogP contribution in [0.1, 0.15) is 40.5 Å². The molecule has 1 heterocycles. The predicted molar refractivity (Wildman–Crippen MR) is 98.0 cm³/mol. The van der Waals surface area contributed by atoms with E-state index in [-0.39, 0.29) is 23.8 Å². The van der Waals surface area contributed by atoms with Gasteiger partial charge in [0.25, 0.3) is 0 Å². The van der Waals surface area contributed by atoms with Crippen LogP contribution < -0.4 is 10.6 Å². The Hall–Kier alpha value is -2.14. The third-order valence-corrected chi connectivity index (χ3v) is 4.69. The van der Waals surface area contributed by atoms with Crippen LogP contribution in [-0.2, 0) is 14.4 Å². The molecule has 0 aromatic rings. The maximum Gasteiger partial charge on any atom is 0.490 e. The average Bonchev–Trinajstić information content (AvgIpc) is 3.02. The molecule has 0 unspecified atom stereocenters. The van der Waals surface area contributed by atoms with Crippen LogP contribution in [0.15, 0.2) is 12.2 Å². The van der Waals surface area contributed by atoms with Gasteiger partial charge in [0.05, 0.1) is 12.1 Å². The van der Waals surface area contributed by atoms with Gasteiger partial charge < -0.3 is 20.6 Å². The van der Waals surface area contributed by atoms with Crippen molar-refractivity contribution < 1.29 is 42.9 Å². The summed E-state index contributed by atoms with van der Waals surface area (Å²) in [6, 6.07) is -1.48. The second-order valence-electron chi connectivity index (χ2n) is 6.91. The highest BCUT2D eigenvalue weighted by Gasteiger charge is 2.43. The van der Waals surface area contributed by atoms with E-state index >= 15 is 0 Å².